The fraction of sp³-hybridized carbons (Fsp3) is 0.941. The maximum absolute atomic E-state index is 12.5. The Bertz CT molecular complexity index is 281. The molecule has 0 aromatic heterocycles. The Kier molecular flexibility index (Phi) is 6.85. The van der Waals surface area contributed by atoms with Gasteiger partial charge in [0.05, 0.1) is 0 Å². The van der Waals surface area contributed by atoms with Crippen LogP contribution in [0.15, 0.2) is 0 Å². The second kappa shape index (κ2) is 8.66. The van der Waals surface area contributed by atoms with Gasteiger partial charge in [0.2, 0.25) is 5.91 Å². The SMILES string of the molecule is CCCN(CC1CCCN1)C(=O)CCC1CCCCC1. The van der Waals surface area contributed by atoms with Gasteiger partial charge < -0.3 is 10.2 Å². The van der Waals surface area contributed by atoms with E-state index in [9.17, 15) is 4.79 Å². The summed E-state index contributed by atoms with van der Waals surface area (Å²) >= 11 is 0. The molecule has 0 aromatic rings. The molecule has 1 atom stereocenters. The highest BCUT2D eigenvalue weighted by atomic mass is 16.2. The molecular weight excluding hydrogens is 248 g/mol. The van der Waals surface area contributed by atoms with Gasteiger partial charge in [0.15, 0.2) is 0 Å². The van der Waals surface area contributed by atoms with Crippen LogP contribution in [0.1, 0.15) is 71.1 Å². The molecule has 2 aliphatic rings. The van der Waals surface area contributed by atoms with Gasteiger partial charge in [-0.15, -0.1) is 0 Å². The Morgan fingerprint density at radius 2 is 1.95 bits per heavy atom. The third-order valence-corrected chi connectivity index (χ3v) is 4.94. The largest absolute Gasteiger partial charge is 0.341 e. The minimum absolute atomic E-state index is 0.395. The van der Waals surface area contributed by atoms with E-state index in [2.05, 4.69) is 17.1 Å². The molecule has 3 nitrogen and oxygen atoms in total. The molecule has 1 aliphatic heterocycles. The summed E-state index contributed by atoms with van der Waals surface area (Å²) in [7, 11) is 0. The standard InChI is InChI=1S/C17H32N2O/c1-2-13-19(14-16-9-6-12-18-16)17(20)11-10-15-7-4-3-5-8-15/h15-16,18H,2-14H2,1H3. The highest BCUT2D eigenvalue weighted by Crippen LogP contribution is 2.27. The molecule has 20 heavy (non-hydrogen) atoms. The molecular formula is C17H32N2O. The summed E-state index contributed by atoms with van der Waals surface area (Å²) in [6, 6.07) is 0.542. The lowest BCUT2D eigenvalue weighted by molar-refractivity contribution is -0.132. The number of carbonyl (C=O) groups excluding carboxylic acids is 1. The van der Waals surface area contributed by atoms with Gasteiger partial charge in [-0.1, -0.05) is 39.0 Å². The monoisotopic (exact) mass is 280 g/mol. The summed E-state index contributed by atoms with van der Waals surface area (Å²) in [6.45, 7) is 5.16. The van der Waals surface area contributed by atoms with Crippen molar-refractivity contribution in [3.05, 3.63) is 0 Å². The highest BCUT2D eigenvalue weighted by molar-refractivity contribution is 5.76. The predicted molar refractivity (Wildman–Crippen MR) is 83.7 cm³/mol. The Balaban J connectivity index is 1.73. The van der Waals surface area contributed by atoms with Gasteiger partial charge in [0.25, 0.3) is 0 Å². The van der Waals surface area contributed by atoms with Crippen LogP contribution in [0.2, 0.25) is 0 Å². The average molecular weight is 280 g/mol. The van der Waals surface area contributed by atoms with E-state index in [1.807, 2.05) is 0 Å². The average Bonchev–Trinajstić information content (AvgIpc) is 2.98. The Hall–Kier alpha value is -0.570. The van der Waals surface area contributed by atoms with Crippen molar-refractivity contribution in [3.8, 4) is 0 Å². The van der Waals surface area contributed by atoms with Crippen molar-refractivity contribution in [2.45, 2.75) is 77.2 Å². The number of hydrogen-bond acceptors (Lipinski definition) is 2. The van der Waals surface area contributed by atoms with Gasteiger partial charge in [-0.3, -0.25) is 4.79 Å². The summed E-state index contributed by atoms with van der Waals surface area (Å²) in [4.78, 5) is 14.6. The van der Waals surface area contributed by atoms with Gasteiger partial charge in [-0.2, -0.15) is 0 Å². The quantitative estimate of drug-likeness (QED) is 0.776. The second-order valence-electron chi connectivity index (χ2n) is 6.68. The third kappa shape index (κ3) is 5.08. The van der Waals surface area contributed by atoms with Gasteiger partial charge in [0.1, 0.15) is 0 Å². The lowest BCUT2D eigenvalue weighted by atomic mass is 9.86. The maximum Gasteiger partial charge on any atom is 0.222 e. The van der Waals surface area contributed by atoms with Gasteiger partial charge >= 0.3 is 0 Å². The molecule has 0 bridgehead atoms. The number of nitrogens with one attached hydrogen (secondary N) is 1. The van der Waals surface area contributed by atoms with Crippen LogP contribution < -0.4 is 5.32 Å². The van der Waals surface area contributed by atoms with Gasteiger partial charge in [-0.25, -0.2) is 0 Å². The second-order valence-corrected chi connectivity index (χ2v) is 6.68. The fourth-order valence-corrected chi connectivity index (χ4v) is 3.73. The van der Waals surface area contributed by atoms with Crippen LogP contribution >= 0.6 is 0 Å². The molecule has 1 saturated heterocycles. The lowest BCUT2D eigenvalue weighted by Gasteiger charge is -2.27. The van der Waals surface area contributed by atoms with E-state index in [0.717, 1.165) is 44.8 Å². The van der Waals surface area contributed by atoms with Crippen molar-refractivity contribution < 1.29 is 4.79 Å². The van der Waals surface area contributed by atoms with Crippen LogP contribution in [0.3, 0.4) is 0 Å². The highest BCUT2D eigenvalue weighted by Gasteiger charge is 2.22. The zero-order valence-corrected chi connectivity index (χ0v) is 13.2. The van der Waals surface area contributed by atoms with Crippen molar-refractivity contribution in [2.24, 2.45) is 5.92 Å². The van der Waals surface area contributed by atoms with Crippen LogP contribution in [-0.4, -0.2) is 36.5 Å². The Morgan fingerprint density at radius 3 is 2.60 bits per heavy atom. The van der Waals surface area contributed by atoms with Crippen molar-refractivity contribution in [3.63, 3.8) is 0 Å². The number of amides is 1. The minimum atomic E-state index is 0.395. The molecule has 0 radical (unpaired) electrons. The molecule has 1 saturated carbocycles. The molecule has 1 heterocycles. The smallest absolute Gasteiger partial charge is 0.222 e. The lowest BCUT2D eigenvalue weighted by Crippen LogP contribution is -2.41. The number of rotatable bonds is 7. The molecule has 2 fully saturated rings. The first-order valence-electron chi connectivity index (χ1n) is 8.80. The van der Waals surface area contributed by atoms with Crippen LogP contribution in [0.4, 0.5) is 0 Å². The molecule has 1 unspecified atom stereocenters. The molecule has 0 aromatic carbocycles. The maximum atomic E-state index is 12.5. The summed E-state index contributed by atoms with van der Waals surface area (Å²) in [5.74, 6) is 1.21. The molecule has 1 N–H and O–H groups in total. The third-order valence-electron chi connectivity index (χ3n) is 4.94. The summed E-state index contributed by atoms with van der Waals surface area (Å²) in [5.41, 5.74) is 0. The van der Waals surface area contributed by atoms with E-state index in [0.29, 0.717) is 11.9 Å². The van der Waals surface area contributed by atoms with E-state index < -0.39 is 0 Å². The Morgan fingerprint density at radius 1 is 1.15 bits per heavy atom. The molecule has 1 aliphatic carbocycles. The molecule has 1 amide bonds. The molecule has 0 spiro atoms. The normalized spacial score (nSPS) is 23.9. The first kappa shape index (κ1) is 15.8. The number of nitrogens with zero attached hydrogens (tertiary/aromatic N) is 1. The van der Waals surface area contributed by atoms with E-state index >= 15 is 0 Å². The van der Waals surface area contributed by atoms with Crippen LogP contribution in [-0.2, 0) is 4.79 Å². The van der Waals surface area contributed by atoms with Gasteiger partial charge in [-0.05, 0) is 38.1 Å². The van der Waals surface area contributed by atoms with Gasteiger partial charge in [0, 0.05) is 25.6 Å². The van der Waals surface area contributed by atoms with Crippen LogP contribution in [0.25, 0.3) is 0 Å². The van der Waals surface area contributed by atoms with Crippen molar-refractivity contribution in [2.75, 3.05) is 19.6 Å². The predicted octanol–water partition coefficient (Wildman–Crippen LogP) is 3.34. The topological polar surface area (TPSA) is 32.3 Å². The zero-order chi connectivity index (χ0) is 14.2. The van der Waals surface area contributed by atoms with E-state index in [4.69, 9.17) is 0 Å². The summed E-state index contributed by atoms with van der Waals surface area (Å²) in [6.07, 6.45) is 12.3. The first-order valence-corrected chi connectivity index (χ1v) is 8.80. The first-order chi connectivity index (χ1) is 9.79. The van der Waals surface area contributed by atoms with Crippen LogP contribution in [0.5, 0.6) is 0 Å². The fourth-order valence-electron chi connectivity index (χ4n) is 3.73. The summed E-state index contributed by atoms with van der Waals surface area (Å²) < 4.78 is 0. The van der Waals surface area contributed by atoms with Crippen molar-refractivity contribution in [1.82, 2.24) is 10.2 Å². The molecule has 3 heteroatoms. The number of hydrogen-bond donors (Lipinski definition) is 1. The van der Waals surface area contributed by atoms with Crippen molar-refractivity contribution in [1.29, 1.82) is 0 Å². The Labute approximate surface area is 124 Å². The summed E-state index contributed by atoms with van der Waals surface area (Å²) in [5, 5.41) is 3.51. The molecule has 2 rings (SSSR count). The van der Waals surface area contributed by atoms with E-state index in [-0.39, 0.29) is 0 Å². The molecule has 116 valence electrons. The minimum Gasteiger partial charge on any atom is -0.341 e. The van der Waals surface area contributed by atoms with Crippen LogP contribution in [0, 0.1) is 5.92 Å². The van der Waals surface area contributed by atoms with E-state index in [1.54, 1.807) is 0 Å². The zero-order valence-electron chi connectivity index (χ0n) is 13.2. The number of carbonyl (C=O) groups is 1. The van der Waals surface area contributed by atoms with Crippen molar-refractivity contribution >= 4 is 5.91 Å². The van der Waals surface area contributed by atoms with E-state index in [1.165, 1.54) is 44.9 Å².